The molecule has 0 spiro atoms. The number of rotatable bonds is 7. The summed E-state index contributed by atoms with van der Waals surface area (Å²) in [6, 6.07) is 12.4. The van der Waals surface area contributed by atoms with Crippen LogP contribution in [0.2, 0.25) is 5.02 Å². The number of halogens is 1. The Balaban J connectivity index is 1.72. The Morgan fingerprint density at radius 3 is 2.24 bits per heavy atom. The van der Waals surface area contributed by atoms with Crippen LogP contribution in [-0.4, -0.2) is 41.9 Å². The topological polar surface area (TPSA) is 105 Å². The van der Waals surface area contributed by atoms with Crippen LogP contribution in [0.25, 0.3) is 11.5 Å². The normalized spacial score (nSPS) is 11.6. The van der Waals surface area contributed by atoms with Gasteiger partial charge in [0.1, 0.15) is 0 Å². The number of anilines is 1. The van der Waals surface area contributed by atoms with Crippen LogP contribution in [0.4, 0.5) is 6.01 Å². The van der Waals surface area contributed by atoms with Gasteiger partial charge in [0.05, 0.1) is 4.90 Å². The van der Waals surface area contributed by atoms with Crippen LogP contribution in [0.5, 0.6) is 0 Å². The van der Waals surface area contributed by atoms with Gasteiger partial charge in [0.25, 0.3) is 5.91 Å². The van der Waals surface area contributed by atoms with E-state index in [1.165, 1.54) is 28.6 Å². The number of amides is 1. The van der Waals surface area contributed by atoms with Crippen molar-refractivity contribution in [3.8, 4) is 11.5 Å². The molecule has 0 aliphatic rings. The summed E-state index contributed by atoms with van der Waals surface area (Å²) in [5.41, 5.74) is 0.920. The molecule has 0 unspecified atom stereocenters. The molecule has 0 bridgehead atoms. The quantitative estimate of drug-likeness (QED) is 0.608. The Morgan fingerprint density at radius 1 is 1.03 bits per heavy atom. The Hall–Kier alpha value is -2.75. The predicted molar refractivity (Wildman–Crippen MR) is 109 cm³/mol. The van der Waals surface area contributed by atoms with Gasteiger partial charge in [-0.3, -0.25) is 10.1 Å². The standard InChI is InChI=1S/C19H19ClN4O4S/c1-3-24(4-2)29(26,27)16-11-7-13(8-12-16)17(25)21-19-23-22-18(28-19)14-5-9-15(20)10-6-14/h5-12H,3-4H2,1-2H3,(H,21,23,25). The SMILES string of the molecule is CCN(CC)S(=O)(=O)c1ccc(C(=O)Nc2nnc(-c3ccc(Cl)cc3)o2)cc1. The second kappa shape index (κ2) is 8.73. The third-order valence-electron chi connectivity index (χ3n) is 4.20. The lowest BCUT2D eigenvalue weighted by molar-refractivity contribution is 0.102. The lowest BCUT2D eigenvalue weighted by atomic mass is 10.2. The van der Waals surface area contributed by atoms with Crippen LogP contribution >= 0.6 is 11.6 Å². The molecule has 1 amide bonds. The van der Waals surface area contributed by atoms with E-state index >= 15 is 0 Å². The number of aromatic nitrogens is 2. The van der Waals surface area contributed by atoms with E-state index in [2.05, 4.69) is 15.5 Å². The zero-order valence-electron chi connectivity index (χ0n) is 15.8. The van der Waals surface area contributed by atoms with Gasteiger partial charge in [-0.2, -0.15) is 4.31 Å². The molecule has 1 aromatic heterocycles. The molecule has 0 aliphatic heterocycles. The van der Waals surface area contributed by atoms with Gasteiger partial charge in [-0.25, -0.2) is 8.42 Å². The number of carbonyl (C=O) groups excluding carboxylic acids is 1. The van der Waals surface area contributed by atoms with E-state index in [0.29, 0.717) is 23.7 Å². The molecular formula is C19H19ClN4O4S. The Labute approximate surface area is 173 Å². The van der Waals surface area contributed by atoms with Crippen LogP contribution in [0, 0.1) is 0 Å². The Kier molecular flexibility index (Phi) is 6.31. The van der Waals surface area contributed by atoms with E-state index in [1.807, 2.05) is 0 Å². The fraction of sp³-hybridized carbons (Fsp3) is 0.211. The number of nitrogens with zero attached hydrogens (tertiary/aromatic N) is 3. The number of nitrogens with one attached hydrogen (secondary N) is 1. The van der Waals surface area contributed by atoms with E-state index in [-0.39, 0.29) is 22.4 Å². The minimum absolute atomic E-state index is 0.0696. The molecule has 1 heterocycles. The molecule has 0 aliphatic carbocycles. The number of sulfonamides is 1. The van der Waals surface area contributed by atoms with Crippen LogP contribution in [0.3, 0.4) is 0 Å². The molecule has 8 nitrogen and oxygen atoms in total. The van der Waals surface area contributed by atoms with Gasteiger partial charge in [-0.05, 0) is 48.5 Å². The smallest absolute Gasteiger partial charge is 0.322 e. The third kappa shape index (κ3) is 4.64. The largest absolute Gasteiger partial charge is 0.403 e. The van der Waals surface area contributed by atoms with Crippen molar-refractivity contribution in [3.05, 3.63) is 59.1 Å². The van der Waals surface area contributed by atoms with Crippen molar-refractivity contribution in [2.45, 2.75) is 18.7 Å². The molecule has 3 rings (SSSR count). The zero-order valence-corrected chi connectivity index (χ0v) is 17.4. The summed E-state index contributed by atoms with van der Waals surface area (Å²) in [6.07, 6.45) is 0. The van der Waals surface area contributed by atoms with Gasteiger partial charge in [0, 0.05) is 29.2 Å². The number of carbonyl (C=O) groups is 1. The van der Waals surface area contributed by atoms with Crippen molar-refractivity contribution in [1.82, 2.24) is 14.5 Å². The first kappa shape index (κ1) is 21.0. The summed E-state index contributed by atoms with van der Waals surface area (Å²) in [6.45, 7) is 4.28. The summed E-state index contributed by atoms with van der Waals surface area (Å²) >= 11 is 5.85. The fourth-order valence-corrected chi connectivity index (χ4v) is 4.23. The third-order valence-corrected chi connectivity index (χ3v) is 6.51. The Morgan fingerprint density at radius 2 is 1.66 bits per heavy atom. The predicted octanol–water partition coefficient (Wildman–Crippen LogP) is 3.67. The van der Waals surface area contributed by atoms with Gasteiger partial charge >= 0.3 is 6.01 Å². The van der Waals surface area contributed by atoms with Gasteiger partial charge in [0.15, 0.2) is 0 Å². The summed E-state index contributed by atoms with van der Waals surface area (Å²) < 4.78 is 31.8. The number of benzene rings is 2. The van der Waals surface area contributed by atoms with Crippen molar-refractivity contribution in [2.24, 2.45) is 0 Å². The number of hydrogen-bond acceptors (Lipinski definition) is 6. The minimum Gasteiger partial charge on any atom is -0.403 e. The van der Waals surface area contributed by atoms with Crippen molar-refractivity contribution in [2.75, 3.05) is 18.4 Å². The molecular weight excluding hydrogens is 416 g/mol. The molecule has 0 atom stereocenters. The average Bonchev–Trinajstić information content (AvgIpc) is 3.17. The first-order chi connectivity index (χ1) is 13.8. The van der Waals surface area contributed by atoms with E-state index < -0.39 is 15.9 Å². The summed E-state index contributed by atoms with van der Waals surface area (Å²) in [4.78, 5) is 12.5. The highest BCUT2D eigenvalue weighted by Gasteiger charge is 2.22. The molecule has 2 aromatic carbocycles. The molecule has 3 aromatic rings. The van der Waals surface area contributed by atoms with Crippen molar-refractivity contribution >= 4 is 33.5 Å². The van der Waals surface area contributed by atoms with Crippen molar-refractivity contribution in [1.29, 1.82) is 0 Å². The molecule has 0 radical (unpaired) electrons. The van der Waals surface area contributed by atoms with E-state index in [1.54, 1.807) is 38.1 Å². The highest BCUT2D eigenvalue weighted by molar-refractivity contribution is 7.89. The van der Waals surface area contributed by atoms with Gasteiger partial charge in [0.2, 0.25) is 15.9 Å². The van der Waals surface area contributed by atoms with Crippen LogP contribution in [0.1, 0.15) is 24.2 Å². The summed E-state index contributed by atoms with van der Waals surface area (Å²) in [5, 5.41) is 10.8. The first-order valence-electron chi connectivity index (χ1n) is 8.86. The fourth-order valence-electron chi connectivity index (χ4n) is 2.64. The maximum Gasteiger partial charge on any atom is 0.322 e. The van der Waals surface area contributed by atoms with Gasteiger partial charge in [-0.1, -0.05) is 30.5 Å². The van der Waals surface area contributed by atoms with E-state index in [4.69, 9.17) is 16.0 Å². The highest BCUT2D eigenvalue weighted by Crippen LogP contribution is 2.22. The lowest BCUT2D eigenvalue weighted by Crippen LogP contribution is -2.30. The van der Waals surface area contributed by atoms with Crippen molar-refractivity contribution < 1.29 is 17.6 Å². The summed E-state index contributed by atoms with van der Waals surface area (Å²) in [5.74, 6) is -0.263. The van der Waals surface area contributed by atoms with Crippen LogP contribution in [-0.2, 0) is 10.0 Å². The van der Waals surface area contributed by atoms with E-state index in [9.17, 15) is 13.2 Å². The zero-order chi connectivity index (χ0) is 21.0. The second-order valence-corrected chi connectivity index (χ2v) is 8.36. The minimum atomic E-state index is -3.58. The average molecular weight is 435 g/mol. The monoisotopic (exact) mass is 434 g/mol. The van der Waals surface area contributed by atoms with Crippen molar-refractivity contribution in [3.63, 3.8) is 0 Å². The molecule has 0 saturated heterocycles. The molecule has 0 fully saturated rings. The second-order valence-electron chi connectivity index (χ2n) is 5.99. The molecule has 29 heavy (non-hydrogen) atoms. The molecule has 152 valence electrons. The first-order valence-corrected chi connectivity index (χ1v) is 10.7. The van der Waals surface area contributed by atoms with Gasteiger partial charge in [-0.15, -0.1) is 5.10 Å². The summed E-state index contributed by atoms with van der Waals surface area (Å²) in [7, 11) is -3.58. The van der Waals surface area contributed by atoms with Crippen LogP contribution < -0.4 is 5.32 Å². The number of hydrogen-bond donors (Lipinski definition) is 1. The molecule has 1 N–H and O–H groups in total. The maximum absolute atomic E-state index is 12.5. The van der Waals surface area contributed by atoms with Gasteiger partial charge < -0.3 is 4.42 Å². The Bertz CT molecular complexity index is 1090. The maximum atomic E-state index is 12.5. The van der Waals surface area contributed by atoms with E-state index in [0.717, 1.165) is 0 Å². The lowest BCUT2D eigenvalue weighted by Gasteiger charge is -2.18. The molecule has 10 heteroatoms. The van der Waals surface area contributed by atoms with Crippen LogP contribution in [0.15, 0.2) is 57.8 Å². The molecule has 0 saturated carbocycles. The highest BCUT2D eigenvalue weighted by atomic mass is 35.5.